The molecular formula is C19H21N3O3S. The lowest BCUT2D eigenvalue weighted by atomic mass is 10.1. The molecule has 1 aliphatic heterocycles. The van der Waals surface area contributed by atoms with Crippen LogP contribution in [0.1, 0.15) is 36.9 Å². The first-order valence-corrected chi connectivity index (χ1v) is 9.63. The largest absolute Gasteiger partial charge is 0.378 e. The molecule has 0 spiro atoms. The highest BCUT2D eigenvalue weighted by Gasteiger charge is 2.21. The van der Waals surface area contributed by atoms with E-state index in [1.807, 2.05) is 12.1 Å². The van der Waals surface area contributed by atoms with Gasteiger partial charge in [0, 0.05) is 23.7 Å². The van der Waals surface area contributed by atoms with Gasteiger partial charge in [0.1, 0.15) is 0 Å². The maximum atomic E-state index is 12.6. The summed E-state index contributed by atoms with van der Waals surface area (Å²) in [6.07, 6.45) is 3.26. The quantitative estimate of drug-likeness (QED) is 0.864. The zero-order valence-electron chi connectivity index (χ0n) is 14.4. The molecule has 3 N–H and O–H groups in total. The van der Waals surface area contributed by atoms with Crippen molar-refractivity contribution in [2.24, 2.45) is 5.73 Å². The molecule has 6 nitrogen and oxygen atoms in total. The zero-order valence-corrected chi connectivity index (χ0v) is 15.2. The van der Waals surface area contributed by atoms with Gasteiger partial charge in [0.25, 0.3) is 11.8 Å². The summed E-state index contributed by atoms with van der Waals surface area (Å²) in [5, 5.41) is 2.85. The number of anilines is 2. The van der Waals surface area contributed by atoms with E-state index < -0.39 is 5.91 Å². The molecule has 0 radical (unpaired) electrons. The Bertz CT molecular complexity index is 834. The van der Waals surface area contributed by atoms with Crippen LogP contribution in [0.4, 0.5) is 11.4 Å². The van der Waals surface area contributed by atoms with E-state index in [2.05, 4.69) is 10.2 Å². The first kappa shape index (κ1) is 17.1. The predicted octanol–water partition coefficient (Wildman–Crippen LogP) is 2.42. The Balaban J connectivity index is 1.56. The Labute approximate surface area is 155 Å². The van der Waals surface area contributed by atoms with E-state index >= 15 is 0 Å². The Hall–Kier alpha value is -2.38. The summed E-state index contributed by atoms with van der Waals surface area (Å²) < 4.78 is 5.36. The molecule has 2 heterocycles. The molecule has 1 aromatic carbocycles. The van der Waals surface area contributed by atoms with Gasteiger partial charge in [-0.15, -0.1) is 11.3 Å². The summed E-state index contributed by atoms with van der Waals surface area (Å²) in [4.78, 5) is 28.6. The third-order valence-corrected chi connectivity index (χ3v) is 6.10. The summed E-state index contributed by atoms with van der Waals surface area (Å²) in [7, 11) is 0. The molecule has 136 valence electrons. The number of ether oxygens (including phenoxy) is 1. The standard InChI is InChI=1S/C19H21N3O3S/c20-18(23)14-11-13(22-6-8-25-9-7-22)4-5-15(14)21-19(24)17-10-12-2-1-3-16(12)26-17/h4-5,10-11H,1-3,6-9H2,(H2,20,23)(H,21,24). The van der Waals surface area contributed by atoms with Gasteiger partial charge < -0.3 is 20.7 Å². The van der Waals surface area contributed by atoms with Crippen LogP contribution in [0, 0.1) is 0 Å². The molecule has 0 unspecified atom stereocenters. The van der Waals surface area contributed by atoms with Crippen molar-refractivity contribution in [3.05, 3.63) is 45.1 Å². The van der Waals surface area contributed by atoms with Crippen molar-refractivity contribution in [2.45, 2.75) is 19.3 Å². The fourth-order valence-corrected chi connectivity index (χ4v) is 4.64. The number of carbonyl (C=O) groups excluding carboxylic acids is 2. The van der Waals surface area contributed by atoms with E-state index in [0.29, 0.717) is 29.3 Å². The second-order valence-corrected chi connectivity index (χ2v) is 7.70. The maximum Gasteiger partial charge on any atom is 0.265 e. The van der Waals surface area contributed by atoms with Gasteiger partial charge in [-0.3, -0.25) is 9.59 Å². The number of benzene rings is 1. The lowest BCUT2D eigenvalue weighted by molar-refractivity contribution is 0.100. The molecule has 0 bridgehead atoms. The SMILES string of the molecule is NC(=O)c1cc(N2CCOCC2)ccc1NC(=O)c1cc2c(s1)CCC2. The van der Waals surface area contributed by atoms with Crippen LogP contribution in [-0.4, -0.2) is 38.1 Å². The van der Waals surface area contributed by atoms with Gasteiger partial charge in [0.05, 0.1) is 29.3 Å². The van der Waals surface area contributed by atoms with Crippen LogP contribution >= 0.6 is 11.3 Å². The molecule has 1 aliphatic carbocycles. The number of nitrogens with two attached hydrogens (primary N) is 1. The Morgan fingerprint density at radius 2 is 1.96 bits per heavy atom. The Kier molecular flexibility index (Phi) is 4.65. The van der Waals surface area contributed by atoms with Crippen LogP contribution in [0.15, 0.2) is 24.3 Å². The molecule has 7 heteroatoms. The molecule has 1 saturated heterocycles. The topological polar surface area (TPSA) is 84.7 Å². The number of morpholine rings is 1. The molecule has 1 aromatic heterocycles. The summed E-state index contributed by atoms with van der Waals surface area (Å²) >= 11 is 1.54. The minimum atomic E-state index is -0.552. The molecule has 1 fully saturated rings. The molecule has 26 heavy (non-hydrogen) atoms. The highest BCUT2D eigenvalue weighted by atomic mass is 32.1. The van der Waals surface area contributed by atoms with Crippen molar-refractivity contribution in [2.75, 3.05) is 36.5 Å². The van der Waals surface area contributed by atoms with Crippen molar-refractivity contribution in [3.8, 4) is 0 Å². The summed E-state index contributed by atoms with van der Waals surface area (Å²) in [5.41, 5.74) is 8.52. The summed E-state index contributed by atoms with van der Waals surface area (Å²) in [5.74, 6) is -0.741. The van der Waals surface area contributed by atoms with Crippen molar-refractivity contribution in [1.82, 2.24) is 0 Å². The number of thiophene rings is 1. The summed E-state index contributed by atoms with van der Waals surface area (Å²) in [6, 6.07) is 7.37. The van der Waals surface area contributed by atoms with E-state index in [1.165, 1.54) is 21.8 Å². The zero-order chi connectivity index (χ0) is 18.1. The molecule has 4 rings (SSSR count). The number of nitrogens with one attached hydrogen (secondary N) is 1. The van der Waals surface area contributed by atoms with Gasteiger partial charge in [0.2, 0.25) is 0 Å². The molecular weight excluding hydrogens is 350 g/mol. The lowest BCUT2D eigenvalue weighted by Gasteiger charge is -2.29. The average molecular weight is 371 g/mol. The van der Waals surface area contributed by atoms with E-state index in [1.54, 1.807) is 12.1 Å². The van der Waals surface area contributed by atoms with Gasteiger partial charge in [0.15, 0.2) is 0 Å². The number of primary amides is 1. The minimum absolute atomic E-state index is 0.189. The normalized spacial score (nSPS) is 16.4. The van der Waals surface area contributed by atoms with Crippen molar-refractivity contribution >= 4 is 34.5 Å². The molecule has 2 aromatic rings. The fraction of sp³-hybridized carbons (Fsp3) is 0.368. The summed E-state index contributed by atoms with van der Waals surface area (Å²) in [6.45, 7) is 2.86. The number of amides is 2. The van der Waals surface area contributed by atoms with Crippen molar-refractivity contribution in [3.63, 3.8) is 0 Å². The van der Waals surface area contributed by atoms with E-state index in [4.69, 9.17) is 10.5 Å². The number of rotatable bonds is 4. The highest BCUT2D eigenvalue weighted by Crippen LogP contribution is 2.31. The molecule has 2 aliphatic rings. The average Bonchev–Trinajstić information content (AvgIpc) is 3.24. The number of hydrogen-bond donors (Lipinski definition) is 2. The van der Waals surface area contributed by atoms with E-state index in [0.717, 1.165) is 38.0 Å². The highest BCUT2D eigenvalue weighted by molar-refractivity contribution is 7.14. The van der Waals surface area contributed by atoms with E-state index in [9.17, 15) is 9.59 Å². The Morgan fingerprint density at radius 3 is 2.69 bits per heavy atom. The fourth-order valence-electron chi connectivity index (χ4n) is 3.49. The second-order valence-electron chi connectivity index (χ2n) is 6.56. The third kappa shape index (κ3) is 3.32. The smallest absolute Gasteiger partial charge is 0.265 e. The van der Waals surface area contributed by atoms with Crippen LogP contribution < -0.4 is 16.0 Å². The maximum absolute atomic E-state index is 12.6. The number of nitrogens with zero attached hydrogens (tertiary/aromatic N) is 1. The second kappa shape index (κ2) is 7.09. The van der Waals surface area contributed by atoms with Crippen LogP contribution in [0.3, 0.4) is 0 Å². The van der Waals surface area contributed by atoms with E-state index in [-0.39, 0.29) is 5.91 Å². The number of hydrogen-bond acceptors (Lipinski definition) is 5. The van der Waals surface area contributed by atoms with Gasteiger partial charge in [-0.2, -0.15) is 0 Å². The van der Waals surface area contributed by atoms with Gasteiger partial charge >= 0.3 is 0 Å². The monoisotopic (exact) mass is 371 g/mol. The van der Waals surface area contributed by atoms with Crippen LogP contribution in [0.25, 0.3) is 0 Å². The minimum Gasteiger partial charge on any atom is -0.378 e. The van der Waals surface area contributed by atoms with Gasteiger partial charge in [-0.1, -0.05) is 0 Å². The van der Waals surface area contributed by atoms with Crippen LogP contribution in [0.5, 0.6) is 0 Å². The van der Waals surface area contributed by atoms with Crippen molar-refractivity contribution < 1.29 is 14.3 Å². The Morgan fingerprint density at radius 1 is 1.15 bits per heavy atom. The molecule has 0 atom stereocenters. The van der Waals surface area contributed by atoms with Gasteiger partial charge in [-0.05, 0) is 49.1 Å². The first-order valence-electron chi connectivity index (χ1n) is 8.81. The predicted molar refractivity (Wildman–Crippen MR) is 102 cm³/mol. The van der Waals surface area contributed by atoms with Gasteiger partial charge in [-0.25, -0.2) is 0 Å². The molecule has 0 saturated carbocycles. The molecule has 2 amide bonds. The number of aryl methyl sites for hydroxylation is 2. The van der Waals surface area contributed by atoms with Crippen molar-refractivity contribution in [1.29, 1.82) is 0 Å². The lowest BCUT2D eigenvalue weighted by Crippen LogP contribution is -2.36. The first-order chi connectivity index (χ1) is 12.6. The number of carbonyl (C=O) groups is 2. The van der Waals surface area contributed by atoms with Crippen LogP contribution in [0.2, 0.25) is 0 Å². The number of fused-ring (bicyclic) bond motifs is 1. The van der Waals surface area contributed by atoms with Crippen LogP contribution in [-0.2, 0) is 17.6 Å². The third-order valence-electron chi connectivity index (χ3n) is 4.86.